The number of hydrogen-bond donors (Lipinski definition) is 2. The van der Waals surface area contributed by atoms with E-state index in [4.69, 9.17) is 19.9 Å². The standard InChI is InChI=1S/C28H37FN2O7S/c1-18(2)15-31(39(34,35)21-8-9-23(29)24(30)14-21)16-25(32)20(12-19-6-4-3-5-7-19)13-27(33)38-26-17-37-28-22(26)10-11-36-28/h3-9,14,18,20,22,25-26,28,32H,10-13,15-17,30H2,1-2H3/t20-,22?,25-,26?,28-/m1/s1. The summed E-state index contributed by atoms with van der Waals surface area (Å²) in [5.41, 5.74) is 6.25. The Morgan fingerprint density at radius 1 is 1.18 bits per heavy atom. The summed E-state index contributed by atoms with van der Waals surface area (Å²) in [5.74, 6) is -1.90. The van der Waals surface area contributed by atoms with E-state index in [1.165, 1.54) is 4.31 Å². The Morgan fingerprint density at radius 3 is 2.62 bits per heavy atom. The fourth-order valence-electron chi connectivity index (χ4n) is 5.11. The summed E-state index contributed by atoms with van der Waals surface area (Å²) in [5, 5.41) is 11.4. The molecule has 0 radical (unpaired) electrons. The van der Waals surface area contributed by atoms with Gasteiger partial charge in [-0.3, -0.25) is 4.79 Å². The van der Waals surface area contributed by atoms with Gasteiger partial charge in [0.2, 0.25) is 10.0 Å². The normalized spacial score (nSPS) is 22.7. The van der Waals surface area contributed by atoms with Gasteiger partial charge in [0.1, 0.15) is 11.9 Å². The third-order valence-corrected chi connectivity index (χ3v) is 8.97. The minimum atomic E-state index is -4.11. The van der Waals surface area contributed by atoms with Crippen LogP contribution in [0.1, 0.15) is 32.3 Å². The van der Waals surface area contributed by atoms with Crippen LogP contribution in [0.25, 0.3) is 0 Å². The van der Waals surface area contributed by atoms with Gasteiger partial charge in [-0.1, -0.05) is 44.2 Å². The van der Waals surface area contributed by atoms with Crippen LogP contribution >= 0.6 is 0 Å². The van der Waals surface area contributed by atoms with Crippen LogP contribution in [0.5, 0.6) is 0 Å². The summed E-state index contributed by atoms with van der Waals surface area (Å²) < 4.78 is 58.8. The third-order valence-electron chi connectivity index (χ3n) is 7.15. The van der Waals surface area contributed by atoms with Gasteiger partial charge in [-0.05, 0) is 42.5 Å². The number of benzene rings is 2. The van der Waals surface area contributed by atoms with Crippen molar-refractivity contribution in [3.05, 3.63) is 59.9 Å². The van der Waals surface area contributed by atoms with Crippen molar-refractivity contribution in [2.75, 3.05) is 32.0 Å². The number of aliphatic hydroxyl groups is 1. The number of ether oxygens (including phenoxy) is 3. The van der Waals surface area contributed by atoms with E-state index in [-0.39, 0.29) is 54.8 Å². The predicted octanol–water partition coefficient (Wildman–Crippen LogP) is 2.97. The predicted molar refractivity (Wildman–Crippen MR) is 142 cm³/mol. The van der Waals surface area contributed by atoms with Crippen LogP contribution in [0.2, 0.25) is 0 Å². The molecular weight excluding hydrogens is 527 g/mol. The number of anilines is 1. The molecule has 0 spiro atoms. The van der Waals surface area contributed by atoms with Gasteiger partial charge in [-0.15, -0.1) is 0 Å². The number of carbonyl (C=O) groups excluding carboxylic acids is 1. The van der Waals surface area contributed by atoms with Crippen molar-refractivity contribution in [1.29, 1.82) is 0 Å². The number of nitrogens with zero attached hydrogens (tertiary/aromatic N) is 1. The van der Waals surface area contributed by atoms with E-state index in [1.54, 1.807) is 0 Å². The fraction of sp³-hybridized carbons (Fsp3) is 0.536. The van der Waals surface area contributed by atoms with Gasteiger partial charge in [0, 0.05) is 19.0 Å². The highest BCUT2D eigenvalue weighted by atomic mass is 32.2. The molecule has 0 amide bonds. The highest BCUT2D eigenvalue weighted by Gasteiger charge is 2.44. The Morgan fingerprint density at radius 2 is 1.92 bits per heavy atom. The number of halogens is 1. The lowest BCUT2D eigenvalue weighted by Crippen LogP contribution is -2.43. The Balaban J connectivity index is 1.52. The van der Waals surface area contributed by atoms with Crippen LogP contribution in [-0.2, 0) is 35.4 Å². The second-order valence-corrected chi connectivity index (χ2v) is 12.6. The van der Waals surface area contributed by atoms with Crippen molar-refractivity contribution in [2.24, 2.45) is 17.8 Å². The molecule has 2 aromatic carbocycles. The van der Waals surface area contributed by atoms with Gasteiger partial charge in [-0.2, -0.15) is 4.31 Å². The zero-order chi connectivity index (χ0) is 28.2. The molecule has 0 saturated carbocycles. The number of carbonyl (C=O) groups is 1. The van der Waals surface area contributed by atoms with Crippen molar-refractivity contribution >= 4 is 21.7 Å². The summed E-state index contributed by atoms with van der Waals surface area (Å²) in [6, 6.07) is 12.6. The quantitative estimate of drug-likeness (QED) is 0.298. The molecular formula is C28H37FN2O7S. The Hall–Kier alpha value is -2.57. The van der Waals surface area contributed by atoms with Gasteiger partial charge >= 0.3 is 5.97 Å². The second kappa shape index (κ2) is 12.7. The van der Waals surface area contributed by atoms with Crippen LogP contribution in [-0.4, -0.2) is 68.6 Å². The number of nitrogens with two attached hydrogens (primary N) is 1. The lowest BCUT2D eigenvalue weighted by molar-refractivity contribution is -0.153. The molecule has 4 rings (SSSR count). The van der Waals surface area contributed by atoms with Crippen molar-refractivity contribution in [3.8, 4) is 0 Å². The maximum absolute atomic E-state index is 13.7. The van der Waals surface area contributed by atoms with E-state index < -0.39 is 39.9 Å². The second-order valence-electron chi connectivity index (χ2n) is 10.7. The van der Waals surface area contributed by atoms with Crippen LogP contribution < -0.4 is 5.73 Å². The van der Waals surface area contributed by atoms with E-state index in [2.05, 4.69) is 0 Å². The summed E-state index contributed by atoms with van der Waals surface area (Å²) in [7, 11) is -4.11. The van der Waals surface area contributed by atoms with Gasteiger partial charge < -0.3 is 25.1 Å². The lowest BCUT2D eigenvalue weighted by atomic mass is 9.90. The van der Waals surface area contributed by atoms with Crippen LogP contribution in [0.15, 0.2) is 53.4 Å². The van der Waals surface area contributed by atoms with Crippen molar-refractivity contribution in [3.63, 3.8) is 0 Å². The monoisotopic (exact) mass is 564 g/mol. The minimum absolute atomic E-state index is 0.0127. The van der Waals surface area contributed by atoms with Gasteiger partial charge in [0.15, 0.2) is 6.29 Å². The lowest BCUT2D eigenvalue weighted by Gasteiger charge is -2.30. The Kier molecular flexibility index (Phi) is 9.60. The smallest absolute Gasteiger partial charge is 0.306 e. The van der Waals surface area contributed by atoms with E-state index in [9.17, 15) is 22.7 Å². The molecule has 214 valence electrons. The first kappa shape index (κ1) is 29.4. The maximum atomic E-state index is 13.7. The molecule has 0 aromatic heterocycles. The number of hydrogen-bond acceptors (Lipinski definition) is 8. The first-order chi connectivity index (χ1) is 18.5. The average Bonchev–Trinajstić information content (AvgIpc) is 3.50. The van der Waals surface area contributed by atoms with E-state index >= 15 is 0 Å². The number of esters is 1. The van der Waals surface area contributed by atoms with E-state index in [0.717, 1.165) is 30.2 Å². The highest BCUT2D eigenvalue weighted by Crippen LogP contribution is 2.33. The molecule has 2 saturated heterocycles. The molecule has 11 heteroatoms. The molecule has 2 unspecified atom stereocenters. The molecule has 0 aliphatic carbocycles. The largest absolute Gasteiger partial charge is 0.459 e. The first-order valence-electron chi connectivity index (χ1n) is 13.2. The Bertz CT molecular complexity index is 1230. The molecule has 2 heterocycles. The number of sulfonamides is 1. The van der Waals surface area contributed by atoms with Crippen LogP contribution in [0.4, 0.5) is 10.1 Å². The van der Waals surface area contributed by atoms with E-state index in [0.29, 0.717) is 13.0 Å². The topological polar surface area (TPSA) is 128 Å². The molecule has 39 heavy (non-hydrogen) atoms. The van der Waals surface area contributed by atoms with Crippen molar-refractivity contribution < 1.29 is 36.9 Å². The number of nitrogen functional groups attached to an aromatic ring is 1. The summed E-state index contributed by atoms with van der Waals surface area (Å²) in [6.45, 7) is 4.38. The number of rotatable bonds is 12. The van der Waals surface area contributed by atoms with Gasteiger partial charge in [0.25, 0.3) is 0 Å². The van der Waals surface area contributed by atoms with E-state index in [1.807, 2.05) is 44.2 Å². The first-order valence-corrected chi connectivity index (χ1v) is 14.7. The fourth-order valence-corrected chi connectivity index (χ4v) is 6.76. The molecule has 0 bridgehead atoms. The van der Waals surface area contributed by atoms with Crippen molar-refractivity contribution in [1.82, 2.24) is 4.31 Å². The average molecular weight is 565 g/mol. The third kappa shape index (κ3) is 7.34. The SMILES string of the molecule is CC(C)CN(C[C@@H](O)[C@@H](CC(=O)OC1CO[C@H]2OCCC12)Cc1ccccc1)S(=O)(=O)c1ccc(F)c(N)c1. The zero-order valence-corrected chi connectivity index (χ0v) is 23.1. The number of fused-ring (bicyclic) bond motifs is 1. The molecule has 5 atom stereocenters. The molecule has 2 aliphatic heterocycles. The molecule has 2 aliphatic rings. The summed E-state index contributed by atoms with van der Waals surface area (Å²) >= 11 is 0. The molecule has 3 N–H and O–H groups in total. The maximum Gasteiger partial charge on any atom is 0.306 e. The van der Waals surface area contributed by atoms with Crippen molar-refractivity contribution in [2.45, 2.75) is 56.5 Å². The highest BCUT2D eigenvalue weighted by molar-refractivity contribution is 7.89. The van der Waals surface area contributed by atoms with Crippen LogP contribution in [0.3, 0.4) is 0 Å². The molecule has 2 fully saturated rings. The van der Waals surface area contributed by atoms with Crippen LogP contribution in [0, 0.1) is 23.6 Å². The summed E-state index contributed by atoms with van der Waals surface area (Å²) in [4.78, 5) is 12.9. The Labute approximate surface area is 229 Å². The number of aliphatic hydroxyl groups excluding tert-OH is 1. The minimum Gasteiger partial charge on any atom is -0.459 e. The van der Waals surface area contributed by atoms with Gasteiger partial charge in [-0.25, -0.2) is 12.8 Å². The summed E-state index contributed by atoms with van der Waals surface area (Å²) in [6.07, 6.45) is -0.984. The zero-order valence-electron chi connectivity index (χ0n) is 22.2. The molecule has 2 aromatic rings. The molecule has 9 nitrogen and oxygen atoms in total. The van der Waals surface area contributed by atoms with Gasteiger partial charge in [0.05, 0.1) is 42.2 Å².